The van der Waals surface area contributed by atoms with Crippen LogP contribution in [-0.4, -0.2) is 39.2 Å². The number of methoxy groups -OCH3 is 2. The number of fused-ring (bicyclic) bond motifs is 1. The van der Waals surface area contributed by atoms with Crippen LogP contribution in [0.3, 0.4) is 0 Å². The number of carbonyl (C=O) groups excluding carboxylic acids is 2. The smallest absolute Gasteiger partial charge is 0.308 e. The van der Waals surface area contributed by atoms with E-state index in [9.17, 15) is 9.59 Å². The SMILES string of the molecule is CCCOC1(C=O)c2ccccc2C(OC(C)=O)=C(OC)C1OC. The molecule has 2 rings (SSSR count). The normalized spacial score (nSPS) is 22.8. The first-order chi connectivity index (χ1) is 11.6. The molecule has 1 aliphatic rings. The lowest BCUT2D eigenvalue weighted by atomic mass is 9.79. The van der Waals surface area contributed by atoms with Gasteiger partial charge in [0.15, 0.2) is 29.5 Å². The van der Waals surface area contributed by atoms with E-state index in [4.69, 9.17) is 18.9 Å². The van der Waals surface area contributed by atoms with E-state index in [1.54, 1.807) is 24.3 Å². The number of benzene rings is 1. The second kappa shape index (κ2) is 7.59. The molecule has 130 valence electrons. The Kier molecular flexibility index (Phi) is 5.75. The van der Waals surface area contributed by atoms with Crippen molar-refractivity contribution in [2.75, 3.05) is 20.8 Å². The molecule has 6 heteroatoms. The number of ether oxygens (including phenoxy) is 4. The molecule has 2 unspecified atom stereocenters. The quantitative estimate of drug-likeness (QED) is 0.563. The van der Waals surface area contributed by atoms with Crippen LogP contribution in [0, 0.1) is 0 Å². The molecule has 6 nitrogen and oxygen atoms in total. The molecule has 0 bridgehead atoms. The maximum Gasteiger partial charge on any atom is 0.308 e. The number of carbonyl (C=O) groups is 2. The predicted octanol–water partition coefficient (Wildman–Crippen LogP) is 2.41. The van der Waals surface area contributed by atoms with Crippen LogP contribution in [0.15, 0.2) is 30.0 Å². The minimum Gasteiger partial charge on any atom is -0.494 e. The molecule has 0 amide bonds. The molecular weight excluding hydrogens is 312 g/mol. The fraction of sp³-hybridized carbons (Fsp3) is 0.444. The summed E-state index contributed by atoms with van der Waals surface area (Å²) in [4.78, 5) is 23.6. The van der Waals surface area contributed by atoms with Crippen molar-refractivity contribution < 1.29 is 28.5 Å². The minimum absolute atomic E-state index is 0.241. The zero-order valence-corrected chi connectivity index (χ0v) is 14.3. The topological polar surface area (TPSA) is 71.1 Å². The second-order valence-corrected chi connectivity index (χ2v) is 5.41. The highest BCUT2D eigenvalue weighted by molar-refractivity contribution is 5.84. The molecule has 1 aromatic rings. The summed E-state index contributed by atoms with van der Waals surface area (Å²) in [6, 6.07) is 7.10. The van der Waals surface area contributed by atoms with E-state index in [0.717, 1.165) is 12.7 Å². The number of hydrogen-bond donors (Lipinski definition) is 0. The Hall–Kier alpha value is -2.18. The summed E-state index contributed by atoms with van der Waals surface area (Å²) >= 11 is 0. The molecule has 0 aromatic heterocycles. The minimum atomic E-state index is -1.36. The standard InChI is InChI=1S/C18H22O6/c1-5-10-23-18(11-19)14-9-7-6-8-13(14)15(24-12(2)20)16(21-3)17(18)22-4/h6-9,11,17H,5,10H2,1-4H3. The van der Waals surface area contributed by atoms with Crippen molar-refractivity contribution >= 4 is 18.0 Å². The van der Waals surface area contributed by atoms with Crippen LogP contribution in [0.25, 0.3) is 5.76 Å². The van der Waals surface area contributed by atoms with E-state index in [-0.39, 0.29) is 11.5 Å². The maximum atomic E-state index is 12.1. The van der Waals surface area contributed by atoms with Crippen molar-refractivity contribution in [1.82, 2.24) is 0 Å². The maximum absolute atomic E-state index is 12.1. The molecule has 0 fully saturated rings. The fourth-order valence-electron chi connectivity index (χ4n) is 2.92. The van der Waals surface area contributed by atoms with E-state index in [1.807, 2.05) is 6.92 Å². The third kappa shape index (κ3) is 2.95. The summed E-state index contributed by atoms with van der Waals surface area (Å²) in [5.74, 6) is -0.00286. The highest BCUT2D eigenvalue weighted by atomic mass is 16.6. The Balaban J connectivity index is 2.74. The molecule has 0 saturated carbocycles. The van der Waals surface area contributed by atoms with E-state index < -0.39 is 17.7 Å². The van der Waals surface area contributed by atoms with Gasteiger partial charge in [-0.2, -0.15) is 0 Å². The molecule has 0 radical (unpaired) electrons. The van der Waals surface area contributed by atoms with Crippen LogP contribution >= 0.6 is 0 Å². The number of hydrogen-bond acceptors (Lipinski definition) is 6. The van der Waals surface area contributed by atoms with Crippen molar-refractivity contribution in [3.05, 3.63) is 41.2 Å². The Morgan fingerprint density at radius 1 is 1.29 bits per heavy atom. The van der Waals surface area contributed by atoms with E-state index >= 15 is 0 Å². The van der Waals surface area contributed by atoms with Crippen molar-refractivity contribution in [2.24, 2.45) is 0 Å². The van der Waals surface area contributed by atoms with Gasteiger partial charge in [0.1, 0.15) is 0 Å². The summed E-state index contributed by atoms with van der Waals surface area (Å²) in [6.07, 6.45) is 0.590. The van der Waals surface area contributed by atoms with Crippen molar-refractivity contribution in [2.45, 2.75) is 32.0 Å². The molecule has 24 heavy (non-hydrogen) atoms. The third-order valence-electron chi connectivity index (χ3n) is 3.87. The van der Waals surface area contributed by atoms with Crippen molar-refractivity contribution in [3.8, 4) is 0 Å². The lowest BCUT2D eigenvalue weighted by Gasteiger charge is -2.41. The summed E-state index contributed by atoms with van der Waals surface area (Å²) in [7, 11) is 2.89. The van der Waals surface area contributed by atoms with Crippen LogP contribution in [0.2, 0.25) is 0 Å². The van der Waals surface area contributed by atoms with Gasteiger partial charge in [0.2, 0.25) is 0 Å². The molecular formula is C18H22O6. The van der Waals surface area contributed by atoms with Gasteiger partial charge in [0, 0.05) is 31.8 Å². The number of esters is 1. The monoisotopic (exact) mass is 334 g/mol. The fourth-order valence-corrected chi connectivity index (χ4v) is 2.92. The molecule has 0 spiro atoms. The summed E-state index contributed by atoms with van der Waals surface area (Å²) in [6.45, 7) is 3.62. The molecule has 0 heterocycles. The Morgan fingerprint density at radius 3 is 2.54 bits per heavy atom. The van der Waals surface area contributed by atoms with Crippen LogP contribution in [0.5, 0.6) is 0 Å². The number of rotatable bonds is 7. The highest BCUT2D eigenvalue weighted by Gasteiger charge is 2.51. The lowest BCUT2D eigenvalue weighted by molar-refractivity contribution is -0.159. The molecule has 1 aromatic carbocycles. The van der Waals surface area contributed by atoms with Crippen LogP contribution < -0.4 is 0 Å². The first-order valence-electron chi connectivity index (χ1n) is 7.75. The molecule has 2 atom stereocenters. The summed E-state index contributed by atoms with van der Waals surface area (Å²) in [5.41, 5.74) is -0.213. The van der Waals surface area contributed by atoms with E-state index in [2.05, 4.69) is 0 Å². The zero-order chi connectivity index (χ0) is 17.7. The van der Waals surface area contributed by atoms with E-state index in [0.29, 0.717) is 17.7 Å². The van der Waals surface area contributed by atoms with Gasteiger partial charge in [-0.25, -0.2) is 0 Å². The van der Waals surface area contributed by atoms with Crippen molar-refractivity contribution in [3.63, 3.8) is 0 Å². The Bertz CT molecular complexity index is 651. The van der Waals surface area contributed by atoms with Gasteiger partial charge in [0.05, 0.1) is 7.11 Å². The summed E-state index contributed by atoms with van der Waals surface area (Å²) < 4.78 is 22.3. The number of aldehydes is 1. The van der Waals surface area contributed by atoms with Gasteiger partial charge in [0.25, 0.3) is 0 Å². The molecule has 0 N–H and O–H groups in total. The van der Waals surface area contributed by atoms with Crippen LogP contribution in [0.4, 0.5) is 0 Å². The zero-order valence-electron chi connectivity index (χ0n) is 14.3. The average Bonchev–Trinajstić information content (AvgIpc) is 2.60. The largest absolute Gasteiger partial charge is 0.494 e. The van der Waals surface area contributed by atoms with Gasteiger partial charge in [-0.3, -0.25) is 9.59 Å². The second-order valence-electron chi connectivity index (χ2n) is 5.41. The molecule has 0 saturated heterocycles. The Labute approximate surface area is 141 Å². The first-order valence-corrected chi connectivity index (χ1v) is 7.75. The average molecular weight is 334 g/mol. The summed E-state index contributed by atoms with van der Waals surface area (Å²) in [5, 5.41) is 0. The van der Waals surface area contributed by atoms with Gasteiger partial charge in [-0.15, -0.1) is 0 Å². The van der Waals surface area contributed by atoms with Gasteiger partial charge in [-0.05, 0) is 6.42 Å². The lowest BCUT2D eigenvalue weighted by Crippen LogP contribution is -2.49. The first kappa shape index (κ1) is 18.2. The van der Waals surface area contributed by atoms with Gasteiger partial charge in [-0.1, -0.05) is 31.2 Å². The third-order valence-corrected chi connectivity index (χ3v) is 3.87. The van der Waals surface area contributed by atoms with E-state index in [1.165, 1.54) is 21.1 Å². The van der Waals surface area contributed by atoms with Gasteiger partial charge >= 0.3 is 5.97 Å². The van der Waals surface area contributed by atoms with Crippen LogP contribution in [-0.2, 0) is 34.1 Å². The predicted molar refractivity (Wildman–Crippen MR) is 86.9 cm³/mol. The van der Waals surface area contributed by atoms with Crippen LogP contribution in [0.1, 0.15) is 31.4 Å². The highest BCUT2D eigenvalue weighted by Crippen LogP contribution is 2.44. The Morgan fingerprint density at radius 2 is 2.00 bits per heavy atom. The molecule has 0 aliphatic heterocycles. The van der Waals surface area contributed by atoms with Gasteiger partial charge < -0.3 is 18.9 Å². The van der Waals surface area contributed by atoms with Crippen molar-refractivity contribution in [1.29, 1.82) is 0 Å². The molecule has 1 aliphatic carbocycles.